The highest BCUT2D eigenvalue weighted by molar-refractivity contribution is 6.31. The Bertz CT molecular complexity index is 993. The van der Waals surface area contributed by atoms with Crippen LogP contribution in [0.2, 0.25) is 5.02 Å². The largest absolute Gasteiger partial charge is 0.493 e. The number of ether oxygens (including phenoxy) is 2. The van der Waals surface area contributed by atoms with E-state index in [0.29, 0.717) is 29.5 Å². The fourth-order valence-corrected chi connectivity index (χ4v) is 4.54. The number of carbonyl (C=O) groups is 1. The number of rotatable bonds is 7. The van der Waals surface area contributed by atoms with Gasteiger partial charge in [-0.05, 0) is 41.3 Å². The molecule has 0 spiro atoms. The van der Waals surface area contributed by atoms with Gasteiger partial charge in [-0.15, -0.1) is 0 Å². The summed E-state index contributed by atoms with van der Waals surface area (Å²) >= 11 is 6.42. The molecule has 1 amide bonds. The monoisotopic (exact) mass is 491 g/mol. The first-order valence-electron chi connectivity index (χ1n) is 11.3. The van der Waals surface area contributed by atoms with Crippen molar-refractivity contribution < 1.29 is 34.7 Å². The van der Waals surface area contributed by atoms with Crippen LogP contribution in [0.5, 0.6) is 5.75 Å². The first kappa shape index (κ1) is 24.9. The highest BCUT2D eigenvalue weighted by atomic mass is 35.5. The van der Waals surface area contributed by atoms with Crippen LogP contribution >= 0.6 is 11.6 Å². The molecule has 0 aliphatic carbocycles. The maximum absolute atomic E-state index is 11.3. The molecule has 4 N–H and O–H groups in total. The Morgan fingerprint density at radius 3 is 2.44 bits per heavy atom. The molecule has 2 fully saturated rings. The van der Waals surface area contributed by atoms with Crippen LogP contribution in [0.3, 0.4) is 0 Å². The van der Waals surface area contributed by atoms with Crippen molar-refractivity contribution in [3.63, 3.8) is 0 Å². The molecule has 0 aromatic heterocycles. The molecule has 2 saturated heterocycles. The molecule has 8 nitrogen and oxygen atoms in total. The van der Waals surface area contributed by atoms with Gasteiger partial charge in [-0.3, -0.25) is 4.79 Å². The Balaban J connectivity index is 1.39. The summed E-state index contributed by atoms with van der Waals surface area (Å²) in [7, 11) is 0. The van der Waals surface area contributed by atoms with Crippen molar-refractivity contribution in [3.8, 4) is 5.75 Å². The van der Waals surface area contributed by atoms with Crippen molar-refractivity contribution in [2.45, 2.75) is 43.9 Å². The van der Waals surface area contributed by atoms with Gasteiger partial charge in [0.05, 0.1) is 13.2 Å². The van der Waals surface area contributed by atoms with Crippen molar-refractivity contribution in [2.24, 2.45) is 5.92 Å². The maximum Gasteiger partial charge on any atom is 0.219 e. The lowest BCUT2D eigenvalue weighted by atomic mass is 9.90. The van der Waals surface area contributed by atoms with Crippen LogP contribution in [0.15, 0.2) is 42.5 Å². The second-order valence-corrected chi connectivity index (χ2v) is 9.43. The average Bonchev–Trinajstić information content (AvgIpc) is 2.79. The number of carbonyl (C=O) groups excluding carboxylic acids is 1. The zero-order valence-corrected chi connectivity index (χ0v) is 19.6. The molecule has 184 valence electrons. The summed E-state index contributed by atoms with van der Waals surface area (Å²) in [4.78, 5) is 13.1. The van der Waals surface area contributed by atoms with Crippen LogP contribution in [-0.4, -0.2) is 82.0 Å². The minimum atomic E-state index is -1.44. The van der Waals surface area contributed by atoms with Crippen molar-refractivity contribution in [1.29, 1.82) is 0 Å². The Hall–Kier alpha value is -2.20. The van der Waals surface area contributed by atoms with Crippen molar-refractivity contribution in [2.75, 3.05) is 26.3 Å². The van der Waals surface area contributed by atoms with Crippen LogP contribution in [0.1, 0.15) is 29.7 Å². The molecule has 2 aromatic rings. The lowest BCUT2D eigenvalue weighted by Gasteiger charge is -2.40. The Labute approximate surface area is 203 Å². The first-order chi connectivity index (χ1) is 16.3. The number of benzene rings is 2. The molecule has 0 saturated carbocycles. The Morgan fingerprint density at radius 2 is 1.79 bits per heavy atom. The maximum atomic E-state index is 11.3. The van der Waals surface area contributed by atoms with E-state index in [-0.39, 0.29) is 5.91 Å². The molecule has 2 aliphatic rings. The smallest absolute Gasteiger partial charge is 0.219 e. The van der Waals surface area contributed by atoms with E-state index in [1.165, 1.54) is 0 Å². The van der Waals surface area contributed by atoms with E-state index in [1.54, 1.807) is 30.0 Å². The van der Waals surface area contributed by atoms with Crippen LogP contribution in [0, 0.1) is 5.92 Å². The predicted molar refractivity (Wildman–Crippen MR) is 125 cm³/mol. The quantitative estimate of drug-likeness (QED) is 0.461. The molecule has 2 heterocycles. The van der Waals surface area contributed by atoms with Gasteiger partial charge < -0.3 is 34.8 Å². The second kappa shape index (κ2) is 10.6. The molecular formula is C25H30ClNO7. The van der Waals surface area contributed by atoms with E-state index in [0.717, 1.165) is 30.0 Å². The van der Waals surface area contributed by atoms with Gasteiger partial charge in [-0.2, -0.15) is 0 Å². The topological polar surface area (TPSA) is 120 Å². The highest BCUT2D eigenvalue weighted by Gasteiger charge is 2.44. The lowest BCUT2D eigenvalue weighted by molar-refractivity contribution is -0.231. The van der Waals surface area contributed by atoms with E-state index < -0.39 is 37.1 Å². The lowest BCUT2D eigenvalue weighted by Crippen LogP contribution is -2.55. The molecule has 1 unspecified atom stereocenters. The fourth-order valence-electron chi connectivity index (χ4n) is 4.35. The van der Waals surface area contributed by atoms with Gasteiger partial charge in [0.1, 0.15) is 36.3 Å². The zero-order valence-electron chi connectivity index (χ0n) is 18.9. The predicted octanol–water partition coefficient (Wildman–Crippen LogP) is 1.30. The van der Waals surface area contributed by atoms with Crippen molar-refractivity contribution in [3.05, 3.63) is 64.2 Å². The number of hydrogen-bond donors (Lipinski definition) is 4. The third-order valence-electron chi connectivity index (χ3n) is 6.50. The number of nitrogens with zero attached hydrogens (tertiary/aromatic N) is 1. The number of amides is 1. The Morgan fingerprint density at radius 1 is 1.09 bits per heavy atom. The van der Waals surface area contributed by atoms with E-state index in [4.69, 9.17) is 21.1 Å². The zero-order chi connectivity index (χ0) is 24.4. The average molecular weight is 492 g/mol. The molecule has 2 aromatic carbocycles. The number of hydrogen-bond acceptors (Lipinski definition) is 7. The summed E-state index contributed by atoms with van der Waals surface area (Å²) in [5.41, 5.74) is 2.41. The molecule has 0 bridgehead atoms. The summed E-state index contributed by atoms with van der Waals surface area (Å²) < 4.78 is 11.5. The first-order valence-corrected chi connectivity index (χ1v) is 11.7. The third-order valence-corrected chi connectivity index (χ3v) is 6.87. The van der Waals surface area contributed by atoms with Gasteiger partial charge in [0, 0.05) is 31.0 Å². The van der Waals surface area contributed by atoms with Gasteiger partial charge >= 0.3 is 0 Å². The van der Waals surface area contributed by atoms with E-state index >= 15 is 0 Å². The van der Waals surface area contributed by atoms with Gasteiger partial charge in [-0.25, -0.2) is 0 Å². The molecule has 34 heavy (non-hydrogen) atoms. The molecule has 9 heteroatoms. The molecule has 4 rings (SSSR count). The van der Waals surface area contributed by atoms with Gasteiger partial charge in [0.2, 0.25) is 5.91 Å². The van der Waals surface area contributed by atoms with E-state index in [9.17, 15) is 25.2 Å². The normalized spacial score (nSPS) is 27.4. The second-order valence-electron chi connectivity index (χ2n) is 9.02. The van der Waals surface area contributed by atoms with Gasteiger partial charge in [0.15, 0.2) is 0 Å². The van der Waals surface area contributed by atoms with E-state index in [1.807, 2.05) is 24.3 Å². The number of halogens is 1. The van der Waals surface area contributed by atoms with Crippen LogP contribution in [0.25, 0.3) is 0 Å². The summed E-state index contributed by atoms with van der Waals surface area (Å²) in [5, 5.41) is 40.5. The molecule has 0 radical (unpaired) electrons. The van der Waals surface area contributed by atoms with Crippen LogP contribution in [-0.2, 0) is 16.0 Å². The van der Waals surface area contributed by atoms with Crippen LogP contribution < -0.4 is 4.74 Å². The minimum absolute atomic E-state index is 0.0925. The summed E-state index contributed by atoms with van der Waals surface area (Å²) in [5.74, 6) is 1.20. The summed E-state index contributed by atoms with van der Waals surface area (Å²) in [6.07, 6.45) is -5.54. The van der Waals surface area contributed by atoms with Gasteiger partial charge in [-0.1, -0.05) is 35.9 Å². The molecule has 5 atom stereocenters. The van der Waals surface area contributed by atoms with Crippen molar-refractivity contribution >= 4 is 17.5 Å². The molecular weight excluding hydrogens is 462 g/mol. The minimum Gasteiger partial charge on any atom is -0.493 e. The standard InChI is InChI=1S/C25H30ClNO7/c1-14(29)27-10-16(11-27)13-33-19-5-2-15(3-6-19)8-18-9-17(4-7-20(18)26)25-24(32)23(31)22(30)21(12-28)34-25/h2-7,9,16,21-25,28,30-32H,8,10-13H2,1H3/t21?,22-,23+,24-,25+/m1/s1. The van der Waals surface area contributed by atoms with E-state index in [2.05, 4.69) is 0 Å². The third kappa shape index (κ3) is 5.38. The van der Waals surface area contributed by atoms with Crippen molar-refractivity contribution in [1.82, 2.24) is 4.90 Å². The summed E-state index contributed by atoms with van der Waals surface area (Å²) in [6, 6.07) is 12.9. The van der Waals surface area contributed by atoms with Gasteiger partial charge in [0.25, 0.3) is 0 Å². The number of aliphatic hydroxyl groups excluding tert-OH is 4. The highest BCUT2D eigenvalue weighted by Crippen LogP contribution is 2.34. The van der Waals surface area contributed by atoms with Crippen LogP contribution in [0.4, 0.5) is 0 Å². The fraction of sp³-hybridized carbons (Fsp3) is 0.480. The summed E-state index contributed by atoms with van der Waals surface area (Å²) in [6.45, 7) is 3.12. The number of aliphatic hydroxyl groups is 4. The molecule has 2 aliphatic heterocycles. The SMILES string of the molecule is CC(=O)N1CC(COc2ccc(Cc3cc([C@@H]4OC(CO)[C@@H](O)[C@H](O)[C@H]4O)ccc3Cl)cc2)C1. The number of likely N-dealkylation sites (tertiary alicyclic amines) is 1. The Kier molecular flexibility index (Phi) is 7.77.